The zero-order valence-electron chi connectivity index (χ0n) is 11.6. The Morgan fingerprint density at radius 2 is 1.90 bits per heavy atom. The Morgan fingerprint density at radius 3 is 2.38 bits per heavy atom. The van der Waals surface area contributed by atoms with Crippen molar-refractivity contribution in [3.05, 3.63) is 42.0 Å². The highest BCUT2D eigenvalue weighted by molar-refractivity contribution is 8.13. The summed E-state index contributed by atoms with van der Waals surface area (Å²) in [7, 11) is 0. The van der Waals surface area contributed by atoms with Crippen LogP contribution in [0.1, 0.15) is 12.5 Å². The lowest BCUT2D eigenvalue weighted by Crippen LogP contribution is -2.60. The van der Waals surface area contributed by atoms with Crippen LogP contribution in [-0.4, -0.2) is 39.9 Å². The number of likely N-dealkylation sites (N-methyl/N-ethyl adjacent to an activating group) is 1. The van der Waals surface area contributed by atoms with Crippen LogP contribution in [0.15, 0.2) is 41.4 Å². The molecule has 0 amide bonds. The zero-order valence-corrected chi connectivity index (χ0v) is 12.4. The van der Waals surface area contributed by atoms with E-state index in [9.17, 15) is 18.3 Å². The number of hydrogen-bond acceptors (Lipinski definition) is 4. The van der Waals surface area contributed by atoms with Crippen LogP contribution in [0, 0.1) is 0 Å². The van der Waals surface area contributed by atoms with Crippen molar-refractivity contribution in [2.45, 2.75) is 18.8 Å². The number of alkyl halides is 3. The second-order valence-electron chi connectivity index (χ2n) is 4.46. The third-order valence-electron chi connectivity index (χ3n) is 3.18. The second-order valence-corrected chi connectivity index (χ2v) is 5.24. The Morgan fingerprint density at radius 1 is 1.29 bits per heavy atom. The Balaban J connectivity index is 2.59. The van der Waals surface area contributed by atoms with Crippen molar-refractivity contribution in [1.29, 1.82) is 0 Å². The van der Waals surface area contributed by atoms with Gasteiger partial charge in [0.25, 0.3) is 5.72 Å². The summed E-state index contributed by atoms with van der Waals surface area (Å²) in [6.45, 7) is 1.54. The van der Waals surface area contributed by atoms with Crippen molar-refractivity contribution in [1.82, 2.24) is 4.90 Å². The van der Waals surface area contributed by atoms with E-state index in [0.717, 1.165) is 22.7 Å². The molecule has 0 fully saturated rings. The van der Waals surface area contributed by atoms with Crippen LogP contribution in [-0.2, 0) is 0 Å². The monoisotopic (exact) mass is 316 g/mol. The van der Waals surface area contributed by atoms with Crippen molar-refractivity contribution in [3.8, 4) is 0 Å². The summed E-state index contributed by atoms with van der Waals surface area (Å²) in [6.07, 6.45) is -2.42. The van der Waals surface area contributed by atoms with Gasteiger partial charge in [0, 0.05) is 18.2 Å². The summed E-state index contributed by atoms with van der Waals surface area (Å²) in [5, 5.41) is 10.4. The van der Waals surface area contributed by atoms with E-state index in [-0.39, 0.29) is 17.4 Å². The molecule has 0 aromatic heterocycles. The van der Waals surface area contributed by atoms with E-state index in [2.05, 4.69) is 4.99 Å². The van der Waals surface area contributed by atoms with Crippen molar-refractivity contribution >= 4 is 22.6 Å². The molecular formula is C14H15F3N2OS. The quantitative estimate of drug-likeness (QED) is 0.909. The fourth-order valence-corrected chi connectivity index (χ4v) is 2.81. The van der Waals surface area contributed by atoms with Crippen LogP contribution < -0.4 is 0 Å². The number of aliphatic hydroxyl groups is 1. The molecule has 0 saturated heterocycles. The molecule has 1 atom stereocenters. The smallest absolute Gasteiger partial charge is 0.360 e. The fourth-order valence-electron chi connectivity index (χ4n) is 2.13. The van der Waals surface area contributed by atoms with E-state index in [1.165, 1.54) is 0 Å². The maximum atomic E-state index is 13.4. The Bertz CT molecular complexity index is 571. The van der Waals surface area contributed by atoms with Crippen LogP contribution in [0.2, 0.25) is 0 Å². The molecular weight excluding hydrogens is 301 g/mol. The third kappa shape index (κ3) is 2.80. The minimum absolute atomic E-state index is 0.00570. The molecule has 0 bridgehead atoms. The molecule has 0 spiro atoms. The van der Waals surface area contributed by atoms with Gasteiger partial charge in [-0.15, -0.1) is 0 Å². The van der Waals surface area contributed by atoms with E-state index >= 15 is 0 Å². The van der Waals surface area contributed by atoms with Gasteiger partial charge in [-0.1, -0.05) is 42.1 Å². The second kappa shape index (κ2) is 5.73. The van der Waals surface area contributed by atoms with E-state index in [4.69, 9.17) is 0 Å². The van der Waals surface area contributed by atoms with E-state index in [1.54, 1.807) is 43.5 Å². The van der Waals surface area contributed by atoms with Gasteiger partial charge in [-0.3, -0.25) is 0 Å². The van der Waals surface area contributed by atoms with Crippen molar-refractivity contribution < 1.29 is 18.3 Å². The summed E-state index contributed by atoms with van der Waals surface area (Å²) in [4.78, 5) is 5.09. The zero-order chi connectivity index (χ0) is 15.7. The van der Waals surface area contributed by atoms with Crippen LogP contribution in [0.5, 0.6) is 0 Å². The predicted molar refractivity (Wildman–Crippen MR) is 78.8 cm³/mol. The largest absolute Gasteiger partial charge is 0.440 e. The molecule has 21 heavy (non-hydrogen) atoms. The third-order valence-corrected chi connectivity index (χ3v) is 3.86. The summed E-state index contributed by atoms with van der Waals surface area (Å²) in [5.74, 6) is 0. The van der Waals surface area contributed by atoms with E-state index in [1.807, 2.05) is 0 Å². The van der Waals surface area contributed by atoms with Crippen molar-refractivity contribution in [2.75, 3.05) is 12.8 Å². The number of nitrogens with zero attached hydrogens (tertiary/aromatic N) is 2. The lowest BCUT2D eigenvalue weighted by molar-refractivity contribution is -0.278. The SMILES string of the molecule is CCN1C(SC)=NC(c2ccccc2)=CC1(O)C(F)(F)F. The highest BCUT2D eigenvalue weighted by Crippen LogP contribution is 2.41. The van der Waals surface area contributed by atoms with Gasteiger partial charge in [0.2, 0.25) is 0 Å². The number of hydrogen-bond donors (Lipinski definition) is 1. The molecule has 1 heterocycles. The van der Waals surface area contributed by atoms with Gasteiger partial charge in [0.05, 0.1) is 5.70 Å². The summed E-state index contributed by atoms with van der Waals surface area (Å²) < 4.78 is 40.1. The van der Waals surface area contributed by atoms with E-state index < -0.39 is 11.9 Å². The number of thioether (sulfide) groups is 1. The normalized spacial score (nSPS) is 22.9. The van der Waals surface area contributed by atoms with Gasteiger partial charge >= 0.3 is 6.18 Å². The Labute approximate surface area is 125 Å². The number of amidine groups is 1. The fraction of sp³-hybridized carbons (Fsp3) is 0.357. The standard InChI is InChI=1S/C14H15F3N2OS/c1-3-19-12(21-2)18-11(10-7-5-4-6-8-10)9-13(19,20)14(15,16)17/h4-9,20H,3H2,1-2H3. The molecule has 7 heteroatoms. The first kappa shape index (κ1) is 15.9. The molecule has 0 aliphatic carbocycles. The number of aliphatic imine (C=N–C) groups is 1. The molecule has 0 saturated carbocycles. The molecule has 1 N–H and O–H groups in total. The maximum Gasteiger partial charge on any atom is 0.440 e. The lowest BCUT2D eigenvalue weighted by Gasteiger charge is -2.42. The maximum absolute atomic E-state index is 13.4. The summed E-state index contributed by atoms with van der Waals surface area (Å²) in [6, 6.07) is 8.50. The molecule has 2 rings (SSSR count). The first-order chi connectivity index (χ1) is 9.83. The molecule has 1 aromatic carbocycles. The van der Waals surface area contributed by atoms with Crippen LogP contribution in [0.4, 0.5) is 13.2 Å². The Kier molecular flexibility index (Phi) is 4.34. The van der Waals surface area contributed by atoms with Crippen molar-refractivity contribution in [2.24, 2.45) is 4.99 Å². The lowest BCUT2D eigenvalue weighted by atomic mass is 10.0. The van der Waals surface area contributed by atoms with Crippen LogP contribution in [0.3, 0.4) is 0 Å². The van der Waals surface area contributed by atoms with E-state index in [0.29, 0.717) is 5.56 Å². The molecule has 114 valence electrons. The average molecular weight is 316 g/mol. The topological polar surface area (TPSA) is 35.8 Å². The molecule has 1 unspecified atom stereocenters. The van der Waals surface area contributed by atoms with Gasteiger partial charge < -0.3 is 10.0 Å². The van der Waals surface area contributed by atoms with Gasteiger partial charge in [-0.25, -0.2) is 4.99 Å². The minimum Gasteiger partial charge on any atom is -0.360 e. The van der Waals surface area contributed by atoms with Gasteiger partial charge in [0.1, 0.15) is 0 Å². The molecule has 1 aliphatic heterocycles. The summed E-state index contributed by atoms with van der Waals surface area (Å²) >= 11 is 1.07. The number of halogens is 3. The van der Waals surface area contributed by atoms with Crippen LogP contribution >= 0.6 is 11.8 Å². The highest BCUT2D eigenvalue weighted by Gasteiger charge is 2.58. The van der Waals surface area contributed by atoms with Crippen LogP contribution in [0.25, 0.3) is 5.70 Å². The first-order valence-electron chi connectivity index (χ1n) is 6.31. The predicted octanol–water partition coefficient (Wildman–Crippen LogP) is 3.33. The first-order valence-corrected chi connectivity index (χ1v) is 7.53. The Hall–Kier alpha value is -1.47. The van der Waals surface area contributed by atoms with Gasteiger partial charge in [-0.2, -0.15) is 13.2 Å². The molecule has 1 aromatic rings. The average Bonchev–Trinajstić information content (AvgIpc) is 2.46. The van der Waals surface area contributed by atoms with Gasteiger partial charge in [-0.05, 0) is 13.2 Å². The summed E-state index contributed by atoms with van der Waals surface area (Å²) in [5.41, 5.74) is -2.40. The van der Waals surface area contributed by atoms with Crippen molar-refractivity contribution in [3.63, 3.8) is 0 Å². The molecule has 1 aliphatic rings. The molecule has 3 nitrogen and oxygen atoms in total. The highest BCUT2D eigenvalue weighted by atomic mass is 32.2. The van der Waals surface area contributed by atoms with Gasteiger partial charge in [0.15, 0.2) is 5.17 Å². The molecule has 0 radical (unpaired) electrons. The number of rotatable bonds is 2. The number of benzene rings is 1. The minimum atomic E-state index is -4.82.